The molecule has 0 unspecified atom stereocenters. The lowest BCUT2D eigenvalue weighted by atomic mass is 9.99. The molecule has 0 bridgehead atoms. The van der Waals surface area contributed by atoms with Crippen LogP contribution in [0.5, 0.6) is 0 Å². The second-order valence-electron chi connectivity index (χ2n) is 4.49. The predicted octanol–water partition coefficient (Wildman–Crippen LogP) is 1.40. The van der Waals surface area contributed by atoms with E-state index in [9.17, 15) is 4.79 Å². The summed E-state index contributed by atoms with van der Waals surface area (Å²) >= 11 is 0. The van der Waals surface area contributed by atoms with E-state index in [2.05, 4.69) is 5.16 Å². The third-order valence-corrected chi connectivity index (χ3v) is 2.76. The van der Waals surface area contributed by atoms with Gasteiger partial charge in [0.15, 0.2) is 0 Å². The molecule has 6 nitrogen and oxygen atoms in total. The van der Waals surface area contributed by atoms with Crippen molar-refractivity contribution in [2.75, 3.05) is 0 Å². The van der Waals surface area contributed by atoms with E-state index in [0.29, 0.717) is 6.42 Å². The van der Waals surface area contributed by atoms with Gasteiger partial charge in [0.25, 0.3) is 0 Å². The molecule has 0 amide bonds. The molecule has 2 aromatic rings. The third kappa shape index (κ3) is 3.53. The van der Waals surface area contributed by atoms with Crippen LogP contribution in [0.1, 0.15) is 6.42 Å². The molecule has 0 atom stereocenters. The standard InChI is InChI=1S/C7H10N2O2.C7H5NO/c8-7(9)3-1-5(2-4-7)6(10)11;1-2-4-7-6(3-1)5-9-8-7/h1-3H,4,8-9H2,(H,10,11);1-5H. The van der Waals surface area contributed by atoms with Gasteiger partial charge in [0.1, 0.15) is 11.8 Å². The minimum absolute atomic E-state index is 0.247. The monoisotopic (exact) mass is 273 g/mol. The summed E-state index contributed by atoms with van der Waals surface area (Å²) in [5.74, 6) is -0.947. The van der Waals surface area contributed by atoms with Gasteiger partial charge in [-0.1, -0.05) is 23.4 Å². The average molecular weight is 273 g/mol. The molecule has 5 N–H and O–H groups in total. The maximum absolute atomic E-state index is 10.4. The van der Waals surface area contributed by atoms with Crippen LogP contribution in [-0.2, 0) is 4.79 Å². The summed E-state index contributed by atoms with van der Waals surface area (Å²) in [5.41, 5.74) is 11.3. The lowest BCUT2D eigenvalue weighted by molar-refractivity contribution is -0.132. The highest BCUT2D eigenvalue weighted by molar-refractivity contribution is 5.90. The van der Waals surface area contributed by atoms with Crippen molar-refractivity contribution >= 4 is 16.9 Å². The molecule has 0 saturated heterocycles. The molecule has 1 aromatic heterocycles. The molecule has 0 radical (unpaired) electrons. The summed E-state index contributed by atoms with van der Waals surface area (Å²) in [6, 6.07) is 7.77. The number of hydrogen-bond donors (Lipinski definition) is 3. The lowest BCUT2D eigenvalue weighted by Gasteiger charge is -2.21. The van der Waals surface area contributed by atoms with Crippen LogP contribution in [-0.4, -0.2) is 21.9 Å². The highest BCUT2D eigenvalue weighted by Gasteiger charge is 2.18. The van der Waals surface area contributed by atoms with Crippen molar-refractivity contribution in [1.82, 2.24) is 5.16 Å². The van der Waals surface area contributed by atoms with Crippen LogP contribution < -0.4 is 11.5 Å². The van der Waals surface area contributed by atoms with E-state index in [0.717, 1.165) is 10.9 Å². The van der Waals surface area contributed by atoms with Crippen molar-refractivity contribution in [3.8, 4) is 0 Å². The first-order chi connectivity index (χ1) is 9.48. The Labute approximate surface area is 115 Å². The van der Waals surface area contributed by atoms with Crippen molar-refractivity contribution in [2.45, 2.75) is 12.1 Å². The SMILES string of the molecule is NC1(N)C=CC(C(=O)O)=CC1.c1ccc2nocc2c1. The highest BCUT2D eigenvalue weighted by atomic mass is 16.5. The van der Waals surface area contributed by atoms with Crippen LogP contribution >= 0.6 is 0 Å². The van der Waals surface area contributed by atoms with Gasteiger partial charge in [-0.2, -0.15) is 0 Å². The minimum Gasteiger partial charge on any atom is -0.478 e. The molecule has 104 valence electrons. The predicted molar refractivity (Wildman–Crippen MR) is 74.6 cm³/mol. The van der Waals surface area contributed by atoms with Crippen LogP contribution in [0.25, 0.3) is 10.9 Å². The first kappa shape index (κ1) is 14.0. The Morgan fingerprint density at radius 3 is 2.70 bits per heavy atom. The molecule has 6 heteroatoms. The number of benzene rings is 1. The summed E-state index contributed by atoms with van der Waals surface area (Å²) in [6.07, 6.45) is 6.44. The second-order valence-corrected chi connectivity index (χ2v) is 4.49. The zero-order valence-corrected chi connectivity index (χ0v) is 10.7. The number of hydrogen-bond acceptors (Lipinski definition) is 5. The average Bonchev–Trinajstić information content (AvgIpc) is 2.87. The number of rotatable bonds is 1. The van der Waals surface area contributed by atoms with Crippen LogP contribution in [0, 0.1) is 0 Å². The number of carbonyl (C=O) groups is 1. The molecule has 0 spiro atoms. The second kappa shape index (κ2) is 5.68. The number of fused-ring (bicyclic) bond motifs is 1. The van der Waals surface area contributed by atoms with E-state index in [1.165, 1.54) is 18.2 Å². The fourth-order valence-electron chi connectivity index (χ4n) is 1.64. The van der Waals surface area contributed by atoms with E-state index in [1.54, 1.807) is 6.26 Å². The number of carboxylic acids is 1. The van der Waals surface area contributed by atoms with Crippen LogP contribution in [0.3, 0.4) is 0 Å². The largest absolute Gasteiger partial charge is 0.478 e. The molecular formula is C14H15N3O3. The van der Waals surface area contributed by atoms with Gasteiger partial charge in [-0.3, -0.25) is 0 Å². The molecule has 3 rings (SSSR count). The van der Waals surface area contributed by atoms with E-state index in [4.69, 9.17) is 21.1 Å². The van der Waals surface area contributed by atoms with Gasteiger partial charge in [0.2, 0.25) is 0 Å². The molecule has 1 aliphatic rings. The molecule has 0 aliphatic heterocycles. The summed E-state index contributed by atoms with van der Waals surface area (Å²) in [6.45, 7) is 0. The smallest absolute Gasteiger partial charge is 0.335 e. The van der Waals surface area contributed by atoms with Crippen molar-refractivity contribution in [1.29, 1.82) is 0 Å². The van der Waals surface area contributed by atoms with E-state index < -0.39 is 11.6 Å². The summed E-state index contributed by atoms with van der Waals surface area (Å²) in [4.78, 5) is 10.4. The van der Waals surface area contributed by atoms with Gasteiger partial charge in [-0.15, -0.1) is 0 Å². The van der Waals surface area contributed by atoms with Gasteiger partial charge in [0.05, 0.1) is 11.2 Å². The summed E-state index contributed by atoms with van der Waals surface area (Å²) in [5, 5.41) is 13.3. The Bertz CT molecular complexity index is 641. The molecule has 0 fully saturated rings. The van der Waals surface area contributed by atoms with Crippen LogP contribution in [0.4, 0.5) is 0 Å². The quantitative estimate of drug-likeness (QED) is 0.676. The number of carboxylic acid groups (broad SMARTS) is 1. The van der Waals surface area contributed by atoms with Gasteiger partial charge in [-0.25, -0.2) is 4.79 Å². The van der Waals surface area contributed by atoms with Gasteiger partial charge in [0, 0.05) is 11.8 Å². The third-order valence-electron chi connectivity index (χ3n) is 2.76. The zero-order valence-electron chi connectivity index (χ0n) is 10.7. The Morgan fingerprint density at radius 1 is 1.35 bits per heavy atom. The normalized spacial score (nSPS) is 16.2. The van der Waals surface area contributed by atoms with Gasteiger partial charge in [-0.05, 0) is 24.3 Å². The van der Waals surface area contributed by atoms with Gasteiger partial charge < -0.3 is 21.1 Å². The topological polar surface area (TPSA) is 115 Å². The fraction of sp³-hybridized carbons (Fsp3) is 0.143. The van der Waals surface area contributed by atoms with Crippen molar-refractivity contribution in [3.63, 3.8) is 0 Å². The van der Waals surface area contributed by atoms with Crippen LogP contribution in [0.2, 0.25) is 0 Å². The van der Waals surface area contributed by atoms with Gasteiger partial charge >= 0.3 is 5.97 Å². The lowest BCUT2D eigenvalue weighted by Crippen LogP contribution is -2.47. The Hall–Kier alpha value is -2.44. The Kier molecular flexibility index (Phi) is 3.97. The van der Waals surface area contributed by atoms with E-state index in [1.807, 2.05) is 24.3 Å². The van der Waals surface area contributed by atoms with Crippen molar-refractivity contribution in [2.24, 2.45) is 11.5 Å². The molecular weight excluding hydrogens is 258 g/mol. The summed E-state index contributed by atoms with van der Waals surface area (Å²) < 4.78 is 4.71. The number of nitrogens with two attached hydrogens (primary N) is 2. The zero-order chi connectivity index (χ0) is 14.6. The minimum atomic E-state index is -0.947. The molecule has 1 aromatic carbocycles. The molecule has 1 aliphatic carbocycles. The number of aliphatic carboxylic acids is 1. The van der Waals surface area contributed by atoms with Crippen molar-refractivity contribution < 1.29 is 14.4 Å². The molecule has 20 heavy (non-hydrogen) atoms. The van der Waals surface area contributed by atoms with E-state index >= 15 is 0 Å². The molecule has 0 saturated carbocycles. The number of nitrogens with zero attached hydrogens (tertiary/aromatic N) is 1. The highest BCUT2D eigenvalue weighted by Crippen LogP contribution is 2.13. The maximum Gasteiger partial charge on any atom is 0.335 e. The van der Waals surface area contributed by atoms with E-state index in [-0.39, 0.29) is 5.57 Å². The van der Waals surface area contributed by atoms with Crippen LogP contribution in [0.15, 0.2) is 58.9 Å². The molecule has 1 heterocycles. The number of aromatic nitrogens is 1. The summed E-state index contributed by atoms with van der Waals surface area (Å²) in [7, 11) is 0. The maximum atomic E-state index is 10.4. The Morgan fingerprint density at radius 2 is 2.10 bits per heavy atom. The first-order valence-electron chi connectivity index (χ1n) is 5.97. The van der Waals surface area contributed by atoms with Crippen molar-refractivity contribution in [3.05, 3.63) is 54.3 Å². The Balaban J connectivity index is 0.000000149. The fourth-order valence-corrected chi connectivity index (χ4v) is 1.64. The first-order valence-corrected chi connectivity index (χ1v) is 5.97.